The van der Waals surface area contributed by atoms with Gasteiger partial charge in [0.25, 0.3) is 0 Å². The average Bonchev–Trinajstić information content (AvgIpc) is 2.99. The van der Waals surface area contributed by atoms with E-state index in [9.17, 15) is 0 Å². The van der Waals surface area contributed by atoms with E-state index in [1.807, 2.05) is 12.3 Å². The van der Waals surface area contributed by atoms with Gasteiger partial charge in [0.2, 0.25) is 0 Å². The third kappa shape index (κ3) is 3.65. The van der Waals surface area contributed by atoms with Gasteiger partial charge in [0, 0.05) is 30.5 Å². The molecule has 0 aliphatic carbocycles. The van der Waals surface area contributed by atoms with Crippen molar-refractivity contribution in [3.05, 3.63) is 83.4 Å². The standard InChI is InChI=1S/C22H25N3O/c1-17-7-5-10-19-20(11-6-14-26-22(17)19)24-15-21-23-12-13-25(21)16-18-8-3-2-4-9-18/h2-5,7-10,12-13,20,24H,6,11,14-16H2,1H3/t20-/m1/s1. The van der Waals surface area contributed by atoms with E-state index in [4.69, 9.17) is 4.74 Å². The van der Waals surface area contributed by atoms with E-state index < -0.39 is 0 Å². The molecule has 1 N–H and O–H groups in total. The van der Waals surface area contributed by atoms with E-state index in [1.165, 1.54) is 16.7 Å². The molecule has 0 fully saturated rings. The topological polar surface area (TPSA) is 39.1 Å². The quantitative estimate of drug-likeness (QED) is 0.750. The van der Waals surface area contributed by atoms with Crippen LogP contribution in [0.4, 0.5) is 0 Å². The van der Waals surface area contributed by atoms with Crippen LogP contribution in [0, 0.1) is 6.92 Å². The lowest BCUT2D eigenvalue weighted by Gasteiger charge is -2.19. The van der Waals surface area contributed by atoms with Crippen molar-refractivity contribution in [3.8, 4) is 5.75 Å². The molecular weight excluding hydrogens is 322 g/mol. The van der Waals surface area contributed by atoms with Crippen LogP contribution >= 0.6 is 0 Å². The molecule has 1 aliphatic rings. The Labute approximate surface area is 154 Å². The van der Waals surface area contributed by atoms with Crippen LogP contribution in [0.25, 0.3) is 0 Å². The Balaban J connectivity index is 1.49. The van der Waals surface area contributed by atoms with Crippen LogP contribution in [0.1, 0.15) is 41.4 Å². The van der Waals surface area contributed by atoms with Gasteiger partial charge >= 0.3 is 0 Å². The lowest BCUT2D eigenvalue weighted by molar-refractivity contribution is 0.313. The smallest absolute Gasteiger partial charge is 0.126 e. The van der Waals surface area contributed by atoms with Crippen molar-refractivity contribution in [1.29, 1.82) is 0 Å². The summed E-state index contributed by atoms with van der Waals surface area (Å²) in [6, 6.07) is 17.2. The SMILES string of the molecule is Cc1cccc2c1OCCC[C@H]2NCc1nccn1Cc1ccccc1. The van der Waals surface area contributed by atoms with E-state index in [0.29, 0.717) is 6.04 Å². The minimum Gasteiger partial charge on any atom is -0.493 e. The molecule has 0 amide bonds. The molecule has 2 aromatic carbocycles. The second-order valence-corrected chi connectivity index (χ2v) is 6.87. The Morgan fingerprint density at radius 3 is 2.92 bits per heavy atom. The van der Waals surface area contributed by atoms with Crippen LogP contribution in [0.3, 0.4) is 0 Å². The van der Waals surface area contributed by atoms with Gasteiger partial charge in [-0.25, -0.2) is 4.98 Å². The maximum atomic E-state index is 5.99. The van der Waals surface area contributed by atoms with Crippen molar-refractivity contribution < 1.29 is 4.74 Å². The fraction of sp³-hybridized carbons (Fsp3) is 0.318. The molecule has 134 valence electrons. The van der Waals surface area contributed by atoms with Gasteiger partial charge in [-0.05, 0) is 30.9 Å². The van der Waals surface area contributed by atoms with Crippen LogP contribution < -0.4 is 10.1 Å². The first-order valence-corrected chi connectivity index (χ1v) is 9.31. The van der Waals surface area contributed by atoms with Crippen molar-refractivity contribution in [2.45, 2.75) is 38.9 Å². The first-order valence-electron chi connectivity index (χ1n) is 9.31. The van der Waals surface area contributed by atoms with Gasteiger partial charge in [0.05, 0.1) is 13.2 Å². The summed E-state index contributed by atoms with van der Waals surface area (Å²) in [4.78, 5) is 4.56. The molecular formula is C22H25N3O. The van der Waals surface area contributed by atoms with Gasteiger partial charge < -0.3 is 14.6 Å². The highest BCUT2D eigenvalue weighted by molar-refractivity contribution is 5.43. The fourth-order valence-electron chi connectivity index (χ4n) is 3.62. The first-order chi connectivity index (χ1) is 12.8. The van der Waals surface area contributed by atoms with Crippen molar-refractivity contribution in [1.82, 2.24) is 14.9 Å². The number of hydrogen-bond acceptors (Lipinski definition) is 3. The predicted molar refractivity (Wildman–Crippen MR) is 103 cm³/mol. The molecule has 1 aliphatic heterocycles. The molecule has 0 bridgehead atoms. The molecule has 0 radical (unpaired) electrons. The van der Waals surface area contributed by atoms with Crippen molar-refractivity contribution in [2.75, 3.05) is 6.61 Å². The summed E-state index contributed by atoms with van der Waals surface area (Å²) in [5.74, 6) is 2.11. The minimum atomic E-state index is 0.300. The Bertz CT molecular complexity index is 857. The monoisotopic (exact) mass is 347 g/mol. The zero-order valence-electron chi connectivity index (χ0n) is 15.2. The number of aromatic nitrogens is 2. The van der Waals surface area contributed by atoms with Gasteiger partial charge in [0.15, 0.2) is 0 Å². The number of rotatable bonds is 5. The summed E-state index contributed by atoms with van der Waals surface area (Å²) in [6.07, 6.45) is 6.08. The van der Waals surface area contributed by atoms with Crippen LogP contribution in [-0.2, 0) is 13.1 Å². The summed E-state index contributed by atoms with van der Waals surface area (Å²) in [6.45, 7) is 4.51. The Morgan fingerprint density at radius 1 is 1.15 bits per heavy atom. The van der Waals surface area contributed by atoms with E-state index in [0.717, 1.165) is 44.1 Å². The largest absolute Gasteiger partial charge is 0.493 e. The number of fused-ring (bicyclic) bond motifs is 1. The van der Waals surface area contributed by atoms with Gasteiger partial charge in [-0.1, -0.05) is 48.5 Å². The van der Waals surface area contributed by atoms with Crippen LogP contribution in [0.5, 0.6) is 5.75 Å². The van der Waals surface area contributed by atoms with Gasteiger partial charge in [-0.15, -0.1) is 0 Å². The second kappa shape index (κ2) is 7.75. The third-order valence-corrected chi connectivity index (χ3v) is 5.01. The molecule has 26 heavy (non-hydrogen) atoms. The summed E-state index contributed by atoms with van der Waals surface area (Å²) in [5.41, 5.74) is 3.76. The van der Waals surface area contributed by atoms with Crippen LogP contribution in [-0.4, -0.2) is 16.2 Å². The van der Waals surface area contributed by atoms with Crippen molar-refractivity contribution >= 4 is 0 Å². The lowest BCUT2D eigenvalue weighted by Crippen LogP contribution is -2.23. The lowest BCUT2D eigenvalue weighted by atomic mass is 10.00. The average molecular weight is 347 g/mol. The van der Waals surface area contributed by atoms with E-state index in [2.05, 4.69) is 70.5 Å². The number of imidazole rings is 1. The molecule has 1 aromatic heterocycles. The predicted octanol–water partition coefficient (Wildman–Crippen LogP) is 4.24. The zero-order valence-corrected chi connectivity index (χ0v) is 15.2. The van der Waals surface area contributed by atoms with Gasteiger partial charge in [-0.2, -0.15) is 0 Å². The van der Waals surface area contributed by atoms with Crippen LogP contribution in [0.15, 0.2) is 60.9 Å². The number of para-hydroxylation sites is 1. The zero-order chi connectivity index (χ0) is 17.8. The van der Waals surface area contributed by atoms with Gasteiger partial charge in [0.1, 0.15) is 11.6 Å². The Kier molecular flexibility index (Phi) is 5.02. The first kappa shape index (κ1) is 16.9. The minimum absolute atomic E-state index is 0.300. The number of benzene rings is 2. The van der Waals surface area contributed by atoms with Crippen molar-refractivity contribution in [3.63, 3.8) is 0 Å². The molecule has 3 aromatic rings. The normalized spacial score (nSPS) is 16.6. The highest BCUT2D eigenvalue weighted by Crippen LogP contribution is 2.34. The molecule has 2 heterocycles. The fourth-order valence-corrected chi connectivity index (χ4v) is 3.62. The summed E-state index contributed by atoms with van der Waals surface area (Å²) in [7, 11) is 0. The number of nitrogens with one attached hydrogen (secondary N) is 1. The molecule has 0 saturated carbocycles. The highest BCUT2D eigenvalue weighted by Gasteiger charge is 2.21. The third-order valence-electron chi connectivity index (χ3n) is 5.01. The Hall–Kier alpha value is -2.59. The number of ether oxygens (including phenoxy) is 1. The number of nitrogens with zero attached hydrogens (tertiary/aromatic N) is 2. The highest BCUT2D eigenvalue weighted by atomic mass is 16.5. The van der Waals surface area contributed by atoms with E-state index in [1.54, 1.807) is 0 Å². The van der Waals surface area contributed by atoms with Crippen molar-refractivity contribution in [2.24, 2.45) is 0 Å². The maximum Gasteiger partial charge on any atom is 0.126 e. The maximum absolute atomic E-state index is 5.99. The summed E-state index contributed by atoms with van der Waals surface area (Å²) < 4.78 is 8.20. The summed E-state index contributed by atoms with van der Waals surface area (Å²) >= 11 is 0. The number of hydrogen-bond donors (Lipinski definition) is 1. The molecule has 4 rings (SSSR count). The molecule has 4 nitrogen and oxygen atoms in total. The molecule has 1 atom stereocenters. The molecule has 0 unspecified atom stereocenters. The number of aryl methyl sites for hydroxylation is 1. The van der Waals surface area contributed by atoms with E-state index >= 15 is 0 Å². The second-order valence-electron chi connectivity index (χ2n) is 6.87. The Morgan fingerprint density at radius 2 is 2.04 bits per heavy atom. The van der Waals surface area contributed by atoms with Crippen LogP contribution in [0.2, 0.25) is 0 Å². The van der Waals surface area contributed by atoms with Gasteiger partial charge in [-0.3, -0.25) is 0 Å². The summed E-state index contributed by atoms with van der Waals surface area (Å²) in [5, 5.41) is 3.71. The molecule has 4 heteroatoms. The van der Waals surface area contributed by atoms with E-state index in [-0.39, 0.29) is 0 Å². The molecule has 0 spiro atoms. The molecule has 0 saturated heterocycles.